The van der Waals surface area contributed by atoms with E-state index in [0.29, 0.717) is 39.4 Å². The number of hydrogen-bond donors (Lipinski definition) is 1. The minimum atomic E-state index is -0.432. The molecule has 25 heavy (non-hydrogen) atoms. The minimum Gasteiger partial charge on any atom is -0.297 e. The van der Waals surface area contributed by atoms with Gasteiger partial charge in [-0.3, -0.25) is 18.5 Å². The number of rotatable bonds is 1. The Morgan fingerprint density at radius 1 is 1.12 bits per heavy atom. The largest absolute Gasteiger partial charge is 0.332 e. The summed E-state index contributed by atoms with van der Waals surface area (Å²) in [6.45, 7) is 0.310. The molecule has 4 rings (SSSR count). The number of halogens is 2. The Bertz CT molecular complexity index is 1190. The van der Waals surface area contributed by atoms with Gasteiger partial charge < -0.3 is 0 Å². The van der Waals surface area contributed by atoms with E-state index in [1.807, 2.05) is 0 Å². The molecular weight excluding hydrogens is 367 g/mol. The standard InChI is InChI=1S/C15H12Cl2N6O2/c1-21-12-11(13(24)22(2)15(21)25)23-6-10(19-20-14(23)18-12)7-3-4-8(16)9(17)5-7/h3-5H,6H2,1-2H3,(H,18,20). The summed E-state index contributed by atoms with van der Waals surface area (Å²) in [6.07, 6.45) is 0. The highest BCUT2D eigenvalue weighted by Gasteiger charge is 2.23. The molecule has 0 aliphatic carbocycles. The lowest BCUT2D eigenvalue weighted by Gasteiger charge is -2.16. The van der Waals surface area contributed by atoms with Crippen LogP contribution in [0, 0.1) is 0 Å². The van der Waals surface area contributed by atoms with Crippen molar-refractivity contribution in [3.05, 3.63) is 54.6 Å². The summed E-state index contributed by atoms with van der Waals surface area (Å²) < 4.78 is 4.09. The SMILES string of the molecule is Cn1c(=O)c2c(nc3n2CC(c2ccc(Cl)c(Cl)c2)=NN3)n(C)c1=O. The second kappa shape index (κ2) is 5.47. The van der Waals surface area contributed by atoms with Crippen LogP contribution in [0.4, 0.5) is 5.95 Å². The highest BCUT2D eigenvalue weighted by molar-refractivity contribution is 6.42. The molecule has 8 nitrogen and oxygen atoms in total. The molecular formula is C15H12Cl2N6O2. The average molecular weight is 379 g/mol. The highest BCUT2D eigenvalue weighted by Crippen LogP contribution is 2.25. The molecule has 1 aliphatic heterocycles. The molecule has 0 atom stereocenters. The summed E-state index contributed by atoms with van der Waals surface area (Å²) in [5.41, 5.74) is 4.07. The number of nitrogens with zero attached hydrogens (tertiary/aromatic N) is 5. The fourth-order valence-electron chi connectivity index (χ4n) is 2.82. The zero-order valence-corrected chi connectivity index (χ0v) is 14.8. The third kappa shape index (κ3) is 2.29. The molecule has 1 aliphatic rings. The molecule has 0 fully saturated rings. The van der Waals surface area contributed by atoms with Gasteiger partial charge in [-0.2, -0.15) is 10.1 Å². The molecule has 0 unspecified atom stereocenters. The molecule has 3 aromatic rings. The lowest BCUT2D eigenvalue weighted by molar-refractivity contribution is 0.704. The number of aromatic nitrogens is 4. The van der Waals surface area contributed by atoms with E-state index in [0.717, 1.165) is 10.1 Å². The van der Waals surface area contributed by atoms with Crippen LogP contribution in [0.25, 0.3) is 11.2 Å². The second-order valence-electron chi connectivity index (χ2n) is 5.70. The van der Waals surface area contributed by atoms with Crippen molar-refractivity contribution in [1.29, 1.82) is 0 Å². The Kier molecular flexibility index (Phi) is 3.48. The van der Waals surface area contributed by atoms with Crippen LogP contribution >= 0.6 is 23.2 Å². The van der Waals surface area contributed by atoms with Crippen molar-refractivity contribution in [1.82, 2.24) is 18.7 Å². The smallest absolute Gasteiger partial charge is 0.297 e. The first-order valence-corrected chi connectivity index (χ1v) is 8.08. The predicted molar refractivity (Wildman–Crippen MR) is 96.8 cm³/mol. The van der Waals surface area contributed by atoms with Gasteiger partial charge in [0.2, 0.25) is 5.95 Å². The van der Waals surface area contributed by atoms with Gasteiger partial charge in [0.05, 0.1) is 22.3 Å². The maximum Gasteiger partial charge on any atom is 0.332 e. The van der Waals surface area contributed by atoms with E-state index < -0.39 is 11.2 Å². The van der Waals surface area contributed by atoms with Gasteiger partial charge in [0.1, 0.15) is 0 Å². The molecule has 128 valence electrons. The van der Waals surface area contributed by atoms with Crippen molar-refractivity contribution < 1.29 is 0 Å². The topological polar surface area (TPSA) is 86.2 Å². The zero-order chi connectivity index (χ0) is 17.9. The molecule has 0 saturated heterocycles. The Labute approximate surface area is 150 Å². The summed E-state index contributed by atoms with van der Waals surface area (Å²) in [4.78, 5) is 29.0. The lowest BCUT2D eigenvalue weighted by atomic mass is 10.1. The molecule has 0 saturated carbocycles. The molecule has 2 aromatic heterocycles. The van der Waals surface area contributed by atoms with Crippen LogP contribution in [-0.2, 0) is 20.6 Å². The number of benzene rings is 1. The third-order valence-electron chi connectivity index (χ3n) is 4.20. The van der Waals surface area contributed by atoms with E-state index in [4.69, 9.17) is 23.2 Å². The quantitative estimate of drug-likeness (QED) is 0.696. The molecule has 0 bridgehead atoms. The first kappa shape index (κ1) is 15.9. The number of imidazole rings is 1. The number of hydrazone groups is 1. The molecule has 3 heterocycles. The second-order valence-corrected chi connectivity index (χ2v) is 6.51. The normalized spacial score (nSPS) is 13.5. The molecule has 1 aromatic carbocycles. The Balaban J connectivity index is 1.89. The Morgan fingerprint density at radius 2 is 1.88 bits per heavy atom. The van der Waals surface area contributed by atoms with Crippen LogP contribution in [0.2, 0.25) is 10.0 Å². The maximum atomic E-state index is 12.6. The van der Waals surface area contributed by atoms with Crippen molar-refractivity contribution in [3.8, 4) is 0 Å². The summed E-state index contributed by atoms with van der Waals surface area (Å²) in [7, 11) is 3.01. The molecule has 0 spiro atoms. The fraction of sp³-hybridized carbons (Fsp3) is 0.200. The first-order chi connectivity index (χ1) is 11.9. The van der Waals surface area contributed by atoms with Crippen molar-refractivity contribution in [2.75, 3.05) is 5.43 Å². The van der Waals surface area contributed by atoms with Gasteiger partial charge in [0.25, 0.3) is 5.56 Å². The van der Waals surface area contributed by atoms with E-state index in [-0.39, 0.29) is 0 Å². The number of nitrogens with one attached hydrogen (secondary N) is 1. The van der Waals surface area contributed by atoms with Crippen molar-refractivity contribution in [3.63, 3.8) is 0 Å². The minimum absolute atomic E-state index is 0.307. The van der Waals surface area contributed by atoms with Crippen LogP contribution in [-0.4, -0.2) is 24.4 Å². The van der Waals surface area contributed by atoms with Gasteiger partial charge in [-0.1, -0.05) is 29.3 Å². The first-order valence-electron chi connectivity index (χ1n) is 7.32. The van der Waals surface area contributed by atoms with Gasteiger partial charge in [0, 0.05) is 19.7 Å². The van der Waals surface area contributed by atoms with E-state index in [2.05, 4.69) is 15.5 Å². The lowest BCUT2D eigenvalue weighted by Crippen LogP contribution is -2.38. The Hall–Kier alpha value is -2.58. The van der Waals surface area contributed by atoms with Crippen LogP contribution in [0.15, 0.2) is 32.9 Å². The number of anilines is 1. The Morgan fingerprint density at radius 3 is 2.60 bits per heavy atom. The van der Waals surface area contributed by atoms with Gasteiger partial charge in [-0.15, -0.1) is 0 Å². The van der Waals surface area contributed by atoms with Crippen LogP contribution in [0.5, 0.6) is 0 Å². The summed E-state index contributed by atoms with van der Waals surface area (Å²) >= 11 is 12.0. The summed E-state index contributed by atoms with van der Waals surface area (Å²) in [6, 6.07) is 5.20. The van der Waals surface area contributed by atoms with Crippen LogP contribution < -0.4 is 16.7 Å². The summed E-state index contributed by atoms with van der Waals surface area (Å²) in [5.74, 6) is 0.400. The van der Waals surface area contributed by atoms with Gasteiger partial charge in [-0.05, 0) is 12.1 Å². The van der Waals surface area contributed by atoms with Gasteiger partial charge >= 0.3 is 5.69 Å². The monoisotopic (exact) mass is 378 g/mol. The van der Waals surface area contributed by atoms with Gasteiger partial charge in [-0.25, -0.2) is 10.2 Å². The third-order valence-corrected chi connectivity index (χ3v) is 4.94. The molecule has 1 N–H and O–H groups in total. The van der Waals surface area contributed by atoms with Crippen LogP contribution in [0.3, 0.4) is 0 Å². The van der Waals surface area contributed by atoms with Crippen molar-refractivity contribution in [2.45, 2.75) is 6.54 Å². The molecule has 0 radical (unpaired) electrons. The predicted octanol–water partition coefficient (Wildman–Crippen LogP) is 1.57. The highest BCUT2D eigenvalue weighted by atomic mass is 35.5. The van der Waals surface area contributed by atoms with E-state index in [1.54, 1.807) is 29.8 Å². The maximum absolute atomic E-state index is 12.6. The van der Waals surface area contributed by atoms with Gasteiger partial charge in [0.15, 0.2) is 11.2 Å². The number of fused-ring (bicyclic) bond motifs is 3. The van der Waals surface area contributed by atoms with Crippen molar-refractivity contribution in [2.24, 2.45) is 19.2 Å². The zero-order valence-electron chi connectivity index (χ0n) is 13.2. The average Bonchev–Trinajstić information content (AvgIpc) is 2.99. The number of hydrogen-bond acceptors (Lipinski definition) is 5. The summed E-state index contributed by atoms with van der Waals surface area (Å²) in [5, 5.41) is 5.17. The van der Waals surface area contributed by atoms with E-state index in [1.165, 1.54) is 11.6 Å². The molecule has 10 heteroatoms. The van der Waals surface area contributed by atoms with E-state index in [9.17, 15) is 9.59 Å². The number of aryl methyl sites for hydroxylation is 1. The molecule has 0 amide bonds. The van der Waals surface area contributed by atoms with E-state index >= 15 is 0 Å². The van der Waals surface area contributed by atoms with Crippen molar-refractivity contribution >= 4 is 46.0 Å². The van der Waals surface area contributed by atoms with Crippen LogP contribution in [0.1, 0.15) is 5.56 Å². The fourth-order valence-corrected chi connectivity index (χ4v) is 3.12.